The highest BCUT2D eigenvalue weighted by Crippen LogP contribution is 2.35. The zero-order valence-electron chi connectivity index (χ0n) is 20.2. The van der Waals surface area contributed by atoms with E-state index in [1.165, 1.54) is 4.90 Å². The second-order valence-corrected chi connectivity index (χ2v) is 8.94. The van der Waals surface area contributed by atoms with Crippen LogP contribution in [0.15, 0.2) is 29.5 Å². The molecule has 0 aliphatic carbocycles. The van der Waals surface area contributed by atoms with Crippen LogP contribution in [0.2, 0.25) is 0 Å². The smallest absolute Gasteiger partial charge is 0.377 e. The summed E-state index contributed by atoms with van der Waals surface area (Å²) in [5, 5.41) is 9.84. The fourth-order valence-corrected chi connectivity index (χ4v) is 4.49. The van der Waals surface area contributed by atoms with Crippen LogP contribution in [0, 0.1) is 0 Å². The minimum absolute atomic E-state index is 0.00217. The molecule has 0 unspecified atom stereocenters. The monoisotopic (exact) mass is 560 g/mol. The topological polar surface area (TPSA) is 114 Å². The summed E-state index contributed by atoms with van der Waals surface area (Å²) in [5.41, 5.74) is -2.59. The molecule has 0 aromatic carbocycles. The molecular formula is C22H22F6N8O3. The Hall–Kier alpha value is -3.73. The molecule has 1 saturated heterocycles. The molecule has 5 heterocycles. The lowest BCUT2D eigenvalue weighted by Crippen LogP contribution is -2.49. The summed E-state index contributed by atoms with van der Waals surface area (Å²) in [6, 6.07) is 1.17. The van der Waals surface area contributed by atoms with Crippen LogP contribution in [0.25, 0.3) is 0 Å². The van der Waals surface area contributed by atoms with Crippen molar-refractivity contribution >= 4 is 11.6 Å². The SMILES string of the molecule is O=c1[nH]ncc(N2CCOC[C@@H]2COCc2cc3n(n2)CCN(c2ncc(C(F)(F)F)cn2)C3)c1C(F)(F)F. The molecule has 0 amide bonds. The number of aromatic nitrogens is 6. The molecule has 0 saturated carbocycles. The molecule has 17 heteroatoms. The lowest BCUT2D eigenvalue weighted by Gasteiger charge is -2.37. The highest BCUT2D eigenvalue weighted by Gasteiger charge is 2.40. The molecule has 1 N–H and O–H groups in total. The van der Waals surface area contributed by atoms with Gasteiger partial charge in [-0.2, -0.15) is 36.5 Å². The molecule has 1 fully saturated rings. The number of H-pyrrole nitrogens is 1. The van der Waals surface area contributed by atoms with Crippen molar-refractivity contribution in [3.05, 3.63) is 57.5 Å². The van der Waals surface area contributed by atoms with Gasteiger partial charge in [0.15, 0.2) is 0 Å². The molecule has 0 radical (unpaired) electrons. The van der Waals surface area contributed by atoms with Crippen molar-refractivity contribution in [3.63, 3.8) is 0 Å². The molecule has 39 heavy (non-hydrogen) atoms. The number of ether oxygens (including phenoxy) is 2. The van der Waals surface area contributed by atoms with E-state index < -0.39 is 35.1 Å². The van der Waals surface area contributed by atoms with Gasteiger partial charge < -0.3 is 19.3 Å². The van der Waals surface area contributed by atoms with E-state index >= 15 is 0 Å². The number of hydrogen-bond acceptors (Lipinski definition) is 9. The summed E-state index contributed by atoms with van der Waals surface area (Å²) < 4.78 is 92.0. The first-order valence-corrected chi connectivity index (χ1v) is 11.8. The van der Waals surface area contributed by atoms with Crippen molar-refractivity contribution in [2.45, 2.75) is 38.1 Å². The minimum Gasteiger partial charge on any atom is -0.377 e. The highest BCUT2D eigenvalue weighted by atomic mass is 19.4. The van der Waals surface area contributed by atoms with E-state index in [2.05, 4.69) is 20.2 Å². The first kappa shape index (κ1) is 26.9. The summed E-state index contributed by atoms with van der Waals surface area (Å²) in [7, 11) is 0. The van der Waals surface area contributed by atoms with Crippen LogP contribution in [0.4, 0.5) is 38.0 Å². The van der Waals surface area contributed by atoms with Gasteiger partial charge in [0, 0.05) is 25.5 Å². The lowest BCUT2D eigenvalue weighted by atomic mass is 10.1. The zero-order chi connectivity index (χ0) is 27.8. The molecule has 1 atom stereocenters. The second kappa shape index (κ2) is 10.4. The van der Waals surface area contributed by atoms with E-state index in [-0.39, 0.29) is 44.6 Å². The fourth-order valence-electron chi connectivity index (χ4n) is 4.49. The Morgan fingerprint density at radius 2 is 1.82 bits per heavy atom. The van der Waals surface area contributed by atoms with Gasteiger partial charge >= 0.3 is 12.4 Å². The maximum absolute atomic E-state index is 13.6. The molecule has 0 spiro atoms. The van der Waals surface area contributed by atoms with Crippen LogP contribution in [-0.4, -0.2) is 68.9 Å². The van der Waals surface area contributed by atoms with Crippen molar-refractivity contribution in [2.24, 2.45) is 0 Å². The number of anilines is 2. The average Bonchev–Trinajstić information content (AvgIpc) is 3.30. The largest absolute Gasteiger partial charge is 0.423 e. The lowest BCUT2D eigenvalue weighted by molar-refractivity contribution is -0.139. The Balaban J connectivity index is 1.22. The van der Waals surface area contributed by atoms with Crippen molar-refractivity contribution in [2.75, 3.05) is 42.7 Å². The van der Waals surface area contributed by atoms with Gasteiger partial charge in [-0.3, -0.25) is 9.48 Å². The number of aromatic amines is 1. The van der Waals surface area contributed by atoms with Crippen LogP contribution in [0.5, 0.6) is 0 Å². The normalized spacial score (nSPS) is 18.4. The van der Waals surface area contributed by atoms with Crippen LogP contribution < -0.4 is 15.4 Å². The molecule has 2 aliphatic heterocycles. The van der Waals surface area contributed by atoms with Crippen LogP contribution >= 0.6 is 0 Å². The predicted molar refractivity (Wildman–Crippen MR) is 122 cm³/mol. The quantitative estimate of drug-likeness (QED) is 0.454. The third kappa shape index (κ3) is 5.83. The number of hydrogen-bond donors (Lipinski definition) is 1. The van der Waals surface area contributed by atoms with Crippen LogP contribution in [-0.2, 0) is 41.5 Å². The summed E-state index contributed by atoms with van der Waals surface area (Å²) in [6.07, 6.45) is -6.94. The third-order valence-corrected chi connectivity index (χ3v) is 6.31. The van der Waals surface area contributed by atoms with Gasteiger partial charge in [-0.25, -0.2) is 15.1 Å². The Bertz CT molecular complexity index is 1360. The van der Waals surface area contributed by atoms with E-state index in [1.54, 1.807) is 15.6 Å². The van der Waals surface area contributed by atoms with Gasteiger partial charge in [0.2, 0.25) is 5.95 Å². The van der Waals surface area contributed by atoms with Crippen molar-refractivity contribution < 1.29 is 35.8 Å². The summed E-state index contributed by atoms with van der Waals surface area (Å²) in [4.78, 5) is 22.7. The van der Waals surface area contributed by atoms with Gasteiger partial charge in [0.05, 0.1) is 74.4 Å². The zero-order valence-corrected chi connectivity index (χ0v) is 20.2. The van der Waals surface area contributed by atoms with Gasteiger partial charge in [0.25, 0.3) is 5.56 Å². The van der Waals surface area contributed by atoms with Crippen molar-refractivity contribution in [1.82, 2.24) is 29.9 Å². The number of halogens is 6. The van der Waals surface area contributed by atoms with Gasteiger partial charge in [-0.15, -0.1) is 0 Å². The fraction of sp³-hybridized carbons (Fsp3) is 0.500. The third-order valence-electron chi connectivity index (χ3n) is 6.31. The van der Waals surface area contributed by atoms with E-state index in [4.69, 9.17) is 9.47 Å². The Labute approximate surface area is 216 Å². The molecule has 5 rings (SSSR count). The number of morpholine rings is 1. The first-order chi connectivity index (χ1) is 18.5. The van der Waals surface area contributed by atoms with Crippen molar-refractivity contribution in [3.8, 4) is 0 Å². The van der Waals surface area contributed by atoms with E-state index in [0.29, 0.717) is 25.3 Å². The van der Waals surface area contributed by atoms with Crippen LogP contribution in [0.3, 0.4) is 0 Å². The second-order valence-electron chi connectivity index (χ2n) is 8.94. The molecule has 3 aromatic heterocycles. The first-order valence-electron chi connectivity index (χ1n) is 11.8. The van der Waals surface area contributed by atoms with Gasteiger partial charge in [-0.05, 0) is 6.07 Å². The molecule has 2 aliphatic rings. The maximum atomic E-state index is 13.6. The molecular weight excluding hydrogens is 538 g/mol. The predicted octanol–water partition coefficient (Wildman–Crippen LogP) is 2.24. The summed E-state index contributed by atoms with van der Waals surface area (Å²) in [6.45, 7) is 1.62. The highest BCUT2D eigenvalue weighted by molar-refractivity contribution is 5.53. The summed E-state index contributed by atoms with van der Waals surface area (Å²) in [5.74, 6) is 0.165. The molecule has 3 aromatic rings. The van der Waals surface area contributed by atoms with E-state index in [0.717, 1.165) is 24.3 Å². The standard InChI is InChI=1S/C22H22F6N8O3/c23-21(24,25)13-6-29-20(30-7-13)34-1-2-36-15(9-34)5-14(33-36)10-39-12-16-11-38-4-3-35(16)17-8-31-32-19(37)18(17)22(26,27)28/h5-8,16H,1-4,9-12H2,(H,32,37)/t16-/m1/s1. The number of nitrogens with zero attached hydrogens (tertiary/aromatic N) is 7. The van der Waals surface area contributed by atoms with E-state index in [9.17, 15) is 31.1 Å². The number of alkyl halides is 6. The number of fused-ring (bicyclic) bond motifs is 1. The number of nitrogens with one attached hydrogen (secondary N) is 1. The Kier molecular flexibility index (Phi) is 7.19. The molecule has 11 nitrogen and oxygen atoms in total. The average molecular weight is 560 g/mol. The van der Waals surface area contributed by atoms with Crippen molar-refractivity contribution in [1.29, 1.82) is 0 Å². The van der Waals surface area contributed by atoms with Crippen LogP contribution in [0.1, 0.15) is 22.5 Å². The minimum atomic E-state index is -4.87. The Morgan fingerprint density at radius 3 is 2.54 bits per heavy atom. The molecule has 210 valence electrons. The Morgan fingerprint density at radius 1 is 1.05 bits per heavy atom. The maximum Gasteiger partial charge on any atom is 0.423 e. The van der Waals surface area contributed by atoms with Gasteiger partial charge in [-0.1, -0.05) is 0 Å². The summed E-state index contributed by atoms with van der Waals surface area (Å²) >= 11 is 0. The molecule has 0 bridgehead atoms. The number of rotatable bonds is 6. The van der Waals surface area contributed by atoms with Gasteiger partial charge in [0.1, 0.15) is 5.56 Å². The van der Waals surface area contributed by atoms with E-state index in [1.807, 2.05) is 5.10 Å².